The van der Waals surface area contributed by atoms with Crippen LogP contribution in [0.25, 0.3) is 10.9 Å². The number of methoxy groups -OCH3 is 1. The fourth-order valence-corrected chi connectivity index (χ4v) is 3.89. The number of aromatic nitrogens is 2. The number of amides is 1. The largest absolute Gasteiger partial charge is 0.497 e. The molecule has 2 heterocycles. The third kappa shape index (κ3) is 3.30. The Morgan fingerprint density at radius 3 is 2.84 bits per heavy atom. The highest BCUT2D eigenvalue weighted by Gasteiger charge is 2.43. The molecule has 2 aliphatic rings. The number of benzene rings is 1. The predicted molar refractivity (Wildman–Crippen MR) is 91.7 cm³/mol. The van der Waals surface area contributed by atoms with Gasteiger partial charge in [-0.3, -0.25) is 14.7 Å². The van der Waals surface area contributed by atoms with Crippen molar-refractivity contribution in [1.29, 1.82) is 0 Å². The summed E-state index contributed by atoms with van der Waals surface area (Å²) in [6, 6.07) is 6.47. The van der Waals surface area contributed by atoms with Gasteiger partial charge in [-0.2, -0.15) is 5.10 Å². The second-order valence-electron chi connectivity index (χ2n) is 6.49. The molecule has 3 N–H and O–H groups in total. The summed E-state index contributed by atoms with van der Waals surface area (Å²) in [5, 5.41) is 18.0. The third-order valence-electron chi connectivity index (χ3n) is 5.12. The van der Waals surface area contributed by atoms with Crippen LogP contribution in [-0.2, 0) is 4.79 Å². The van der Waals surface area contributed by atoms with Crippen molar-refractivity contribution in [3.05, 3.63) is 23.9 Å². The van der Waals surface area contributed by atoms with Gasteiger partial charge < -0.3 is 20.1 Å². The van der Waals surface area contributed by atoms with Crippen LogP contribution in [0.1, 0.15) is 23.3 Å². The van der Waals surface area contributed by atoms with Crippen LogP contribution in [0.4, 0.5) is 0 Å². The molecule has 2 fully saturated rings. The van der Waals surface area contributed by atoms with E-state index in [9.17, 15) is 4.79 Å². The molecule has 1 aliphatic heterocycles. The van der Waals surface area contributed by atoms with Crippen LogP contribution in [0, 0.1) is 5.92 Å². The molecule has 1 aliphatic carbocycles. The van der Waals surface area contributed by atoms with Gasteiger partial charge in [-0.05, 0) is 37.9 Å². The minimum Gasteiger partial charge on any atom is -0.497 e. The highest BCUT2D eigenvalue weighted by molar-refractivity contribution is 6.05. The lowest BCUT2D eigenvalue weighted by Crippen LogP contribution is -2.44. The average Bonchev–Trinajstić information content (AvgIpc) is 3.28. The lowest BCUT2D eigenvalue weighted by atomic mass is 10.0. The lowest BCUT2D eigenvalue weighted by Gasteiger charge is -2.28. The standard InChI is InChI=1S/C16H20N4O2.CH2O2/c1-20-8-9-5-10(20)6-13(9)17-16(21)15-12-4-3-11(22-2)7-14(12)18-19-15;2-1-3/h3-4,7,9-10,13H,5-6,8H2,1-2H3,(H,17,21)(H,18,19);1H,(H,2,3). The molecule has 2 aromatic rings. The molecule has 0 spiro atoms. The number of nitrogens with one attached hydrogen (secondary N) is 2. The van der Waals surface area contributed by atoms with E-state index in [0.717, 1.165) is 29.6 Å². The first kappa shape index (κ1) is 17.2. The average molecular weight is 346 g/mol. The maximum Gasteiger partial charge on any atom is 0.290 e. The van der Waals surface area contributed by atoms with Gasteiger partial charge in [0.15, 0.2) is 5.69 Å². The summed E-state index contributed by atoms with van der Waals surface area (Å²) in [5.74, 6) is 1.24. The van der Waals surface area contributed by atoms with Gasteiger partial charge in [0.25, 0.3) is 12.4 Å². The van der Waals surface area contributed by atoms with Gasteiger partial charge in [0, 0.05) is 30.1 Å². The van der Waals surface area contributed by atoms with Crippen LogP contribution in [-0.4, -0.2) is 65.4 Å². The topological polar surface area (TPSA) is 108 Å². The highest BCUT2D eigenvalue weighted by atomic mass is 16.5. The number of nitrogens with zero attached hydrogens (tertiary/aromatic N) is 2. The van der Waals surface area contributed by atoms with Gasteiger partial charge in [-0.1, -0.05) is 0 Å². The lowest BCUT2D eigenvalue weighted by molar-refractivity contribution is -0.122. The number of ether oxygens (including phenoxy) is 1. The molecule has 1 saturated heterocycles. The number of hydrogen-bond donors (Lipinski definition) is 3. The van der Waals surface area contributed by atoms with E-state index in [2.05, 4.69) is 27.5 Å². The van der Waals surface area contributed by atoms with Crippen molar-refractivity contribution in [3.63, 3.8) is 0 Å². The predicted octanol–water partition coefficient (Wildman–Crippen LogP) is 1.09. The number of likely N-dealkylation sites (tertiary alicyclic amines) is 1. The van der Waals surface area contributed by atoms with Crippen LogP contribution >= 0.6 is 0 Å². The molecule has 1 amide bonds. The number of H-pyrrole nitrogens is 1. The van der Waals surface area contributed by atoms with E-state index in [1.54, 1.807) is 7.11 Å². The Hall–Kier alpha value is -2.61. The van der Waals surface area contributed by atoms with Gasteiger partial charge in [0.1, 0.15) is 5.75 Å². The molecule has 25 heavy (non-hydrogen) atoms. The zero-order valence-corrected chi connectivity index (χ0v) is 14.2. The van der Waals surface area contributed by atoms with E-state index < -0.39 is 0 Å². The Bertz CT molecular complexity index is 773. The fourth-order valence-electron chi connectivity index (χ4n) is 3.89. The Morgan fingerprint density at radius 2 is 2.24 bits per heavy atom. The van der Waals surface area contributed by atoms with Crippen molar-refractivity contribution in [2.75, 3.05) is 20.7 Å². The molecule has 1 aromatic carbocycles. The van der Waals surface area contributed by atoms with E-state index in [1.165, 1.54) is 6.42 Å². The summed E-state index contributed by atoms with van der Waals surface area (Å²) in [5.41, 5.74) is 1.28. The van der Waals surface area contributed by atoms with Gasteiger partial charge in [-0.15, -0.1) is 0 Å². The molecule has 2 bridgehead atoms. The molecule has 3 atom stereocenters. The summed E-state index contributed by atoms with van der Waals surface area (Å²) in [6.07, 6.45) is 2.24. The van der Waals surface area contributed by atoms with Crippen molar-refractivity contribution in [2.45, 2.75) is 24.9 Å². The summed E-state index contributed by atoms with van der Waals surface area (Å²) in [4.78, 5) is 23.3. The van der Waals surface area contributed by atoms with E-state index in [4.69, 9.17) is 14.6 Å². The Balaban J connectivity index is 0.000000569. The first-order valence-electron chi connectivity index (χ1n) is 8.18. The van der Waals surface area contributed by atoms with Crippen molar-refractivity contribution < 1.29 is 19.4 Å². The molecular formula is C17H22N4O4. The van der Waals surface area contributed by atoms with Crippen molar-refractivity contribution >= 4 is 23.3 Å². The zero-order valence-electron chi connectivity index (χ0n) is 14.2. The SMILES string of the molecule is COc1ccc2c(C(=O)NC3CC4CC3CN4C)n[nH]c2c1.O=CO. The number of carbonyl (C=O) groups excluding carboxylic acids is 1. The molecule has 0 radical (unpaired) electrons. The zero-order chi connectivity index (χ0) is 18.0. The van der Waals surface area contributed by atoms with Gasteiger partial charge >= 0.3 is 0 Å². The Labute approximate surface area is 145 Å². The number of rotatable bonds is 3. The monoisotopic (exact) mass is 346 g/mol. The smallest absolute Gasteiger partial charge is 0.290 e. The maximum atomic E-state index is 12.5. The number of hydrogen-bond acceptors (Lipinski definition) is 5. The molecular weight excluding hydrogens is 324 g/mol. The first-order chi connectivity index (χ1) is 12.1. The van der Waals surface area contributed by atoms with E-state index >= 15 is 0 Å². The van der Waals surface area contributed by atoms with E-state index in [0.29, 0.717) is 17.7 Å². The second kappa shape index (κ2) is 7.10. The number of aromatic amines is 1. The number of fused-ring (bicyclic) bond motifs is 3. The number of piperidine rings is 1. The second-order valence-corrected chi connectivity index (χ2v) is 6.49. The van der Waals surface area contributed by atoms with Gasteiger partial charge in [-0.25, -0.2) is 0 Å². The van der Waals surface area contributed by atoms with Crippen LogP contribution < -0.4 is 10.1 Å². The molecule has 1 aromatic heterocycles. The van der Waals surface area contributed by atoms with Gasteiger partial charge in [0.05, 0.1) is 12.6 Å². The van der Waals surface area contributed by atoms with Crippen molar-refractivity contribution in [2.24, 2.45) is 5.92 Å². The highest BCUT2D eigenvalue weighted by Crippen LogP contribution is 2.36. The quantitative estimate of drug-likeness (QED) is 0.718. The normalized spacial score (nSPS) is 24.6. The molecule has 3 unspecified atom stereocenters. The van der Waals surface area contributed by atoms with Crippen LogP contribution in [0.3, 0.4) is 0 Å². The molecule has 1 saturated carbocycles. The molecule has 4 rings (SSSR count). The van der Waals surface area contributed by atoms with E-state index in [-0.39, 0.29) is 18.4 Å². The fraction of sp³-hybridized carbons (Fsp3) is 0.471. The van der Waals surface area contributed by atoms with Crippen molar-refractivity contribution in [3.8, 4) is 5.75 Å². The van der Waals surface area contributed by atoms with Crippen LogP contribution in [0.5, 0.6) is 5.75 Å². The van der Waals surface area contributed by atoms with Gasteiger partial charge in [0.2, 0.25) is 0 Å². The third-order valence-corrected chi connectivity index (χ3v) is 5.12. The minimum absolute atomic E-state index is 0.0865. The van der Waals surface area contributed by atoms with Crippen LogP contribution in [0.15, 0.2) is 18.2 Å². The van der Waals surface area contributed by atoms with Crippen molar-refractivity contribution in [1.82, 2.24) is 20.4 Å². The number of carboxylic acid groups (broad SMARTS) is 1. The molecule has 8 nitrogen and oxygen atoms in total. The molecule has 134 valence electrons. The first-order valence-corrected chi connectivity index (χ1v) is 8.18. The Morgan fingerprint density at radius 1 is 1.48 bits per heavy atom. The Kier molecular flexibility index (Phi) is 4.89. The summed E-state index contributed by atoms with van der Waals surface area (Å²) >= 11 is 0. The summed E-state index contributed by atoms with van der Waals surface area (Å²) in [7, 11) is 3.79. The summed E-state index contributed by atoms with van der Waals surface area (Å²) in [6.45, 7) is 0.828. The number of carbonyl (C=O) groups is 2. The maximum absolute atomic E-state index is 12.5. The summed E-state index contributed by atoms with van der Waals surface area (Å²) < 4.78 is 5.19. The molecule has 8 heteroatoms. The van der Waals surface area contributed by atoms with E-state index in [1.807, 2.05) is 18.2 Å². The minimum atomic E-state index is -0.250. The van der Waals surface area contributed by atoms with Crippen LogP contribution in [0.2, 0.25) is 0 Å².